The monoisotopic (exact) mass is 329 g/mol. The summed E-state index contributed by atoms with van der Waals surface area (Å²) in [7, 11) is 0. The van der Waals surface area contributed by atoms with Crippen LogP contribution >= 0.6 is 11.6 Å². The van der Waals surface area contributed by atoms with Gasteiger partial charge in [-0.3, -0.25) is 4.79 Å². The van der Waals surface area contributed by atoms with Crippen LogP contribution in [-0.4, -0.2) is 36.1 Å². The fraction of sp³-hybridized carbons (Fsp3) is 0.316. The van der Waals surface area contributed by atoms with Crippen molar-refractivity contribution in [1.82, 2.24) is 4.90 Å². The summed E-state index contributed by atoms with van der Waals surface area (Å²) in [5.41, 5.74) is 1.90. The highest BCUT2D eigenvalue weighted by Gasteiger charge is 2.30. The molecule has 0 bridgehead atoms. The van der Waals surface area contributed by atoms with Gasteiger partial charge in [0.05, 0.1) is 18.8 Å². The van der Waals surface area contributed by atoms with Crippen LogP contribution in [0.1, 0.15) is 22.8 Å². The minimum absolute atomic E-state index is 0.0323. The average molecular weight is 330 g/mol. The molecule has 2 aromatic rings. The number of rotatable bonds is 3. The Morgan fingerprint density at radius 2 is 1.87 bits per heavy atom. The smallest absolute Gasteiger partial charge is 0.254 e. The van der Waals surface area contributed by atoms with Gasteiger partial charge in [0.25, 0.3) is 5.91 Å². The van der Waals surface area contributed by atoms with Crippen LogP contribution in [0.5, 0.6) is 0 Å². The summed E-state index contributed by atoms with van der Waals surface area (Å²) in [4.78, 5) is 14.6. The van der Waals surface area contributed by atoms with Crippen molar-refractivity contribution in [1.29, 1.82) is 0 Å². The summed E-state index contributed by atoms with van der Waals surface area (Å²) in [6.07, 6.45) is 0.850. The molecule has 4 heteroatoms. The van der Waals surface area contributed by atoms with E-state index in [1.165, 1.54) is 5.56 Å². The zero-order valence-electron chi connectivity index (χ0n) is 13.1. The standard InChI is InChI=1S/C19H20ClNO2/c1-14-13-23-18(11-15-5-3-2-4-6-15)12-21(14)19(22)16-7-9-17(20)10-8-16/h2-10,14,18H,11-13H2,1H3. The van der Waals surface area contributed by atoms with E-state index in [9.17, 15) is 4.79 Å². The van der Waals surface area contributed by atoms with Crippen LogP contribution in [0.2, 0.25) is 5.02 Å². The fourth-order valence-electron chi connectivity index (χ4n) is 2.86. The third kappa shape index (κ3) is 3.92. The van der Waals surface area contributed by atoms with Crippen molar-refractivity contribution >= 4 is 17.5 Å². The largest absolute Gasteiger partial charge is 0.374 e. The number of carbonyl (C=O) groups is 1. The van der Waals surface area contributed by atoms with Gasteiger partial charge in [-0.1, -0.05) is 41.9 Å². The lowest BCUT2D eigenvalue weighted by molar-refractivity contribution is -0.0463. The molecule has 0 spiro atoms. The number of morpholine rings is 1. The summed E-state index contributed by atoms with van der Waals surface area (Å²) in [6.45, 7) is 3.20. The normalized spacial score (nSPS) is 21.2. The van der Waals surface area contributed by atoms with Crippen molar-refractivity contribution in [2.24, 2.45) is 0 Å². The molecule has 1 amide bonds. The molecule has 2 aromatic carbocycles. The van der Waals surface area contributed by atoms with Crippen LogP contribution in [0.3, 0.4) is 0 Å². The van der Waals surface area contributed by atoms with Gasteiger partial charge in [0.1, 0.15) is 0 Å². The van der Waals surface area contributed by atoms with Crippen molar-refractivity contribution in [3.63, 3.8) is 0 Å². The average Bonchev–Trinajstić information content (AvgIpc) is 2.58. The molecule has 0 aromatic heterocycles. The topological polar surface area (TPSA) is 29.5 Å². The second-order valence-electron chi connectivity index (χ2n) is 5.96. The van der Waals surface area contributed by atoms with E-state index in [-0.39, 0.29) is 18.1 Å². The molecule has 120 valence electrons. The van der Waals surface area contributed by atoms with Gasteiger partial charge in [-0.25, -0.2) is 0 Å². The Hall–Kier alpha value is -1.84. The first-order valence-electron chi connectivity index (χ1n) is 7.85. The van der Waals surface area contributed by atoms with Crippen LogP contribution in [0.15, 0.2) is 54.6 Å². The molecule has 1 aliphatic heterocycles. The summed E-state index contributed by atoms with van der Waals surface area (Å²) in [5, 5.41) is 0.638. The van der Waals surface area contributed by atoms with Crippen LogP contribution in [0.25, 0.3) is 0 Å². The summed E-state index contributed by atoms with van der Waals surface area (Å²) >= 11 is 5.90. The Bertz CT molecular complexity index is 657. The van der Waals surface area contributed by atoms with E-state index < -0.39 is 0 Å². The predicted molar refractivity (Wildman–Crippen MR) is 91.8 cm³/mol. The van der Waals surface area contributed by atoms with E-state index in [4.69, 9.17) is 16.3 Å². The van der Waals surface area contributed by atoms with Gasteiger partial charge in [-0.15, -0.1) is 0 Å². The SMILES string of the molecule is CC1COC(Cc2ccccc2)CN1C(=O)c1ccc(Cl)cc1. The minimum atomic E-state index is 0.0323. The first-order chi connectivity index (χ1) is 11.1. The van der Waals surface area contributed by atoms with Crippen LogP contribution in [0.4, 0.5) is 0 Å². The maximum Gasteiger partial charge on any atom is 0.254 e. The number of ether oxygens (including phenoxy) is 1. The molecule has 1 fully saturated rings. The zero-order chi connectivity index (χ0) is 16.2. The molecular weight excluding hydrogens is 310 g/mol. The first-order valence-corrected chi connectivity index (χ1v) is 8.23. The fourth-order valence-corrected chi connectivity index (χ4v) is 2.99. The summed E-state index contributed by atoms with van der Waals surface area (Å²) < 4.78 is 5.91. The van der Waals surface area contributed by atoms with E-state index in [2.05, 4.69) is 12.1 Å². The van der Waals surface area contributed by atoms with Crippen molar-refractivity contribution in [3.05, 3.63) is 70.7 Å². The van der Waals surface area contributed by atoms with Gasteiger partial charge in [0, 0.05) is 23.6 Å². The highest BCUT2D eigenvalue weighted by atomic mass is 35.5. The Kier molecular flexibility index (Phi) is 4.99. The first kappa shape index (κ1) is 16.0. The third-order valence-electron chi connectivity index (χ3n) is 4.16. The number of halogens is 1. The van der Waals surface area contributed by atoms with Gasteiger partial charge in [-0.2, -0.15) is 0 Å². The molecule has 1 aliphatic rings. The van der Waals surface area contributed by atoms with Crippen LogP contribution in [0, 0.1) is 0 Å². The number of hydrogen-bond acceptors (Lipinski definition) is 2. The molecule has 1 saturated heterocycles. The number of carbonyl (C=O) groups excluding carboxylic acids is 1. The van der Waals surface area contributed by atoms with Gasteiger partial charge in [-0.05, 0) is 36.8 Å². The molecule has 0 aliphatic carbocycles. The molecular formula is C19H20ClNO2. The molecule has 0 radical (unpaired) electrons. The predicted octanol–water partition coefficient (Wildman–Crippen LogP) is 3.81. The van der Waals surface area contributed by atoms with E-state index in [0.29, 0.717) is 23.7 Å². The number of hydrogen-bond donors (Lipinski definition) is 0. The number of benzene rings is 2. The highest BCUT2D eigenvalue weighted by molar-refractivity contribution is 6.30. The summed E-state index contributed by atoms with van der Waals surface area (Å²) in [5.74, 6) is 0.0375. The van der Waals surface area contributed by atoms with Crippen molar-refractivity contribution in [3.8, 4) is 0 Å². The quantitative estimate of drug-likeness (QED) is 0.857. The Morgan fingerprint density at radius 3 is 2.57 bits per heavy atom. The van der Waals surface area contributed by atoms with Gasteiger partial charge >= 0.3 is 0 Å². The zero-order valence-corrected chi connectivity index (χ0v) is 13.9. The molecule has 0 N–H and O–H groups in total. The number of amides is 1. The Balaban J connectivity index is 1.70. The Morgan fingerprint density at radius 1 is 1.17 bits per heavy atom. The van der Waals surface area contributed by atoms with E-state index in [0.717, 1.165) is 6.42 Å². The lowest BCUT2D eigenvalue weighted by Gasteiger charge is -2.38. The van der Waals surface area contributed by atoms with Crippen molar-refractivity contribution < 1.29 is 9.53 Å². The Labute approximate surface area is 141 Å². The van der Waals surface area contributed by atoms with Gasteiger partial charge < -0.3 is 9.64 Å². The lowest BCUT2D eigenvalue weighted by Crippen LogP contribution is -2.51. The van der Waals surface area contributed by atoms with Gasteiger partial charge in [0.15, 0.2) is 0 Å². The third-order valence-corrected chi connectivity index (χ3v) is 4.42. The van der Waals surface area contributed by atoms with Crippen LogP contribution in [-0.2, 0) is 11.2 Å². The lowest BCUT2D eigenvalue weighted by atomic mass is 10.0. The molecule has 2 atom stereocenters. The van der Waals surface area contributed by atoms with E-state index >= 15 is 0 Å². The van der Waals surface area contributed by atoms with Crippen molar-refractivity contribution in [2.45, 2.75) is 25.5 Å². The highest BCUT2D eigenvalue weighted by Crippen LogP contribution is 2.19. The molecule has 3 rings (SSSR count). The van der Waals surface area contributed by atoms with E-state index in [1.54, 1.807) is 24.3 Å². The van der Waals surface area contributed by atoms with Crippen molar-refractivity contribution in [2.75, 3.05) is 13.2 Å². The maximum absolute atomic E-state index is 12.7. The van der Waals surface area contributed by atoms with E-state index in [1.807, 2.05) is 30.0 Å². The molecule has 0 saturated carbocycles. The number of nitrogens with zero attached hydrogens (tertiary/aromatic N) is 1. The maximum atomic E-state index is 12.7. The second-order valence-corrected chi connectivity index (χ2v) is 6.39. The molecule has 3 nitrogen and oxygen atoms in total. The molecule has 2 unspecified atom stereocenters. The van der Waals surface area contributed by atoms with Crippen LogP contribution < -0.4 is 0 Å². The molecule has 1 heterocycles. The summed E-state index contributed by atoms with van der Waals surface area (Å²) in [6, 6.07) is 17.4. The second kappa shape index (κ2) is 7.16. The van der Waals surface area contributed by atoms with Gasteiger partial charge in [0.2, 0.25) is 0 Å². The minimum Gasteiger partial charge on any atom is -0.374 e. The molecule has 23 heavy (non-hydrogen) atoms.